The highest BCUT2D eigenvalue weighted by Crippen LogP contribution is 2.32. The zero-order chi connectivity index (χ0) is 29.9. The molecule has 2 rings (SSSR count). The molecule has 1 aliphatic heterocycles. The van der Waals surface area contributed by atoms with Gasteiger partial charge in [-0.15, -0.1) is 4.40 Å². The van der Waals surface area contributed by atoms with Gasteiger partial charge in [0.2, 0.25) is 5.96 Å². The summed E-state index contributed by atoms with van der Waals surface area (Å²) >= 11 is 0. The molecule has 2 unspecified atom stereocenters. The fourth-order valence-corrected chi connectivity index (χ4v) is 5.62. The molecule has 12 nitrogen and oxygen atoms in total. The van der Waals surface area contributed by atoms with Crippen LogP contribution in [0.4, 0.5) is 9.59 Å². The Kier molecular flexibility index (Phi) is 9.88. The van der Waals surface area contributed by atoms with Gasteiger partial charge in [-0.25, -0.2) is 9.59 Å². The Morgan fingerprint density at radius 2 is 1.59 bits per heavy atom. The molecule has 0 aromatic heterocycles. The lowest BCUT2D eigenvalue weighted by Gasteiger charge is -2.39. The summed E-state index contributed by atoms with van der Waals surface area (Å²) in [5.74, 6) is 0.0993. The van der Waals surface area contributed by atoms with Crippen molar-refractivity contribution in [2.24, 2.45) is 4.40 Å². The summed E-state index contributed by atoms with van der Waals surface area (Å²) in [7, 11) is -2.90. The topological polar surface area (TPSA) is 156 Å². The molecule has 0 bridgehead atoms. The Morgan fingerprint density at radius 1 is 1.03 bits per heavy atom. The van der Waals surface area contributed by atoms with Crippen LogP contribution >= 0.6 is 0 Å². The van der Waals surface area contributed by atoms with Crippen LogP contribution in [0.3, 0.4) is 0 Å². The maximum absolute atomic E-state index is 13.6. The minimum absolute atomic E-state index is 0.0424. The second kappa shape index (κ2) is 12.0. The number of hydrogen-bond acceptors (Lipinski definition) is 8. The number of sulfonamides is 1. The average molecular weight is 571 g/mol. The van der Waals surface area contributed by atoms with E-state index in [4.69, 9.17) is 14.2 Å². The minimum Gasteiger partial charge on any atom is -0.496 e. The third-order valence-corrected chi connectivity index (χ3v) is 7.40. The quantitative estimate of drug-likeness (QED) is 0.364. The van der Waals surface area contributed by atoms with Crippen LogP contribution in [0.5, 0.6) is 5.75 Å². The van der Waals surface area contributed by atoms with Crippen LogP contribution in [0.1, 0.15) is 71.1 Å². The maximum atomic E-state index is 13.6. The highest BCUT2D eigenvalue weighted by Gasteiger charge is 2.36. The molecule has 1 heterocycles. The molecule has 39 heavy (non-hydrogen) atoms. The van der Waals surface area contributed by atoms with Crippen molar-refractivity contribution >= 4 is 28.2 Å². The van der Waals surface area contributed by atoms with E-state index in [-0.39, 0.29) is 11.4 Å². The number of guanidine groups is 1. The van der Waals surface area contributed by atoms with E-state index in [9.17, 15) is 23.1 Å². The molecule has 2 amide bonds. The molecule has 0 aliphatic carbocycles. The number of benzene rings is 1. The number of carbonyl (C=O) groups is 2. The summed E-state index contributed by atoms with van der Waals surface area (Å²) in [6.07, 6.45) is -2.27. The summed E-state index contributed by atoms with van der Waals surface area (Å²) in [6, 6.07) is 0.774. The fraction of sp³-hybridized carbons (Fsp3) is 0.654. The molecule has 0 radical (unpaired) electrons. The number of aliphatic hydroxyl groups is 1. The number of nitrogens with zero attached hydrogens (tertiary/aromatic N) is 2. The molecule has 1 aliphatic rings. The second-order valence-corrected chi connectivity index (χ2v) is 13.0. The van der Waals surface area contributed by atoms with Gasteiger partial charge in [0.25, 0.3) is 10.0 Å². The molecular formula is C26H42N4O8S. The van der Waals surface area contributed by atoms with Crippen molar-refractivity contribution in [3.8, 4) is 5.75 Å². The number of rotatable bonds is 4. The van der Waals surface area contributed by atoms with Crippen molar-refractivity contribution in [3.63, 3.8) is 0 Å². The van der Waals surface area contributed by atoms with E-state index in [0.717, 1.165) is 0 Å². The summed E-state index contributed by atoms with van der Waals surface area (Å²) < 4.78 is 47.2. The van der Waals surface area contributed by atoms with E-state index in [1.807, 2.05) is 0 Å². The molecule has 3 N–H and O–H groups in total. The molecule has 1 aromatic carbocycles. The molecule has 0 saturated carbocycles. The number of nitrogens with one attached hydrogen (secondary N) is 2. The van der Waals surface area contributed by atoms with Gasteiger partial charge in [-0.1, -0.05) is 0 Å². The van der Waals surface area contributed by atoms with Crippen LogP contribution in [0.2, 0.25) is 0 Å². The highest BCUT2D eigenvalue weighted by atomic mass is 32.2. The summed E-state index contributed by atoms with van der Waals surface area (Å²) in [5.41, 5.74) is -0.169. The number of carbonyl (C=O) groups excluding carboxylic acids is 2. The van der Waals surface area contributed by atoms with Gasteiger partial charge in [-0.05, 0) is 97.9 Å². The van der Waals surface area contributed by atoms with Crippen molar-refractivity contribution in [2.75, 3.05) is 13.7 Å². The second-order valence-electron chi connectivity index (χ2n) is 11.5. The molecule has 1 aromatic rings. The number of methoxy groups -OCH3 is 1. The summed E-state index contributed by atoms with van der Waals surface area (Å²) in [4.78, 5) is 26.2. The number of aliphatic hydroxyl groups excluding tert-OH is 1. The van der Waals surface area contributed by atoms with Gasteiger partial charge in [-0.2, -0.15) is 8.42 Å². The van der Waals surface area contributed by atoms with Gasteiger partial charge in [0.05, 0.1) is 18.0 Å². The molecule has 2 atom stereocenters. The van der Waals surface area contributed by atoms with Gasteiger partial charge >= 0.3 is 12.2 Å². The monoisotopic (exact) mass is 570 g/mol. The van der Waals surface area contributed by atoms with E-state index in [0.29, 0.717) is 35.3 Å². The number of amides is 2. The third-order valence-electron chi connectivity index (χ3n) is 5.84. The lowest BCUT2D eigenvalue weighted by Crippen LogP contribution is -2.60. The lowest BCUT2D eigenvalue weighted by atomic mass is 10.0. The Balaban J connectivity index is 2.54. The SMILES string of the molecule is COc1cc(C)c(S(=O)(=O)/N=C(\NC(=O)OC(C)(C)C)N2CCCC(NC(=O)OC(C)(C)C)C2O)c(C)c1C. The minimum atomic E-state index is -4.40. The van der Waals surface area contributed by atoms with Crippen molar-refractivity contribution in [1.82, 2.24) is 15.5 Å². The molecule has 0 spiro atoms. The maximum Gasteiger partial charge on any atom is 0.414 e. The molecule has 220 valence electrons. The third kappa shape index (κ3) is 8.72. The number of hydrogen-bond donors (Lipinski definition) is 3. The molecular weight excluding hydrogens is 528 g/mol. The van der Waals surface area contributed by atoms with Crippen molar-refractivity contribution < 1.29 is 37.3 Å². The number of alkyl carbamates (subject to hydrolysis) is 2. The van der Waals surface area contributed by atoms with Gasteiger partial charge in [-0.3, -0.25) is 5.32 Å². The Hall–Kier alpha value is -3.06. The predicted molar refractivity (Wildman–Crippen MR) is 146 cm³/mol. The predicted octanol–water partition coefficient (Wildman–Crippen LogP) is 3.50. The van der Waals surface area contributed by atoms with Crippen LogP contribution in [0, 0.1) is 20.8 Å². The van der Waals surface area contributed by atoms with E-state index in [2.05, 4.69) is 15.0 Å². The van der Waals surface area contributed by atoms with Crippen LogP contribution in [-0.2, 0) is 19.5 Å². The van der Waals surface area contributed by atoms with Gasteiger partial charge in [0.1, 0.15) is 23.2 Å². The Morgan fingerprint density at radius 3 is 2.13 bits per heavy atom. The van der Waals surface area contributed by atoms with Crippen molar-refractivity contribution in [3.05, 3.63) is 22.8 Å². The standard InChI is InChI=1S/C26H42N4O8S/c1-15-14-19(36-10)16(2)17(3)20(15)39(34,35)29-22(28-24(33)38-26(7,8)9)30-13-11-12-18(21(30)31)27-23(32)37-25(4,5)6/h14,18,21,31H,11-13H2,1-10H3,(H,27,32)(H,28,29,33). The largest absolute Gasteiger partial charge is 0.496 e. The Labute approximate surface area is 231 Å². The number of likely N-dealkylation sites (tertiary alicyclic amines) is 1. The fourth-order valence-electron chi connectivity index (χ4n) is 4.15. The zero-order valence-corrected chi connectivity index (χ0v) is 25.3. The number of piperidine rings is 1. The van der Waals surface area contributed by atoms with Gasteiger partial charge in [0, 0.05) is 6.54 Å². The summed E-state index contributed by atoms with van der Waals surface area (Å²) in [6.45, 7) is 15.2. The lowest BCUT2D eigenvalue weighted by molar-refractivity contribution is -0.0148. The van der Waals surface area contributed by atoms with Crippen LogP contribution in [-0.4, -0.2) is 73.7 Å². The molecule has 1 saturated heterocycles. The van der Waals surface area contributed by atoms with E-state index >= 15 is 0 Å². The molecule has 13 heteroatoms. The van der Waals surface area contributed by atoms with Crippen LogP contribution in [0.25, 0.3) is 0 Å². The average Bonchev–Trinajstić information content (AvgIpc) is 2.74. The normalized spacial score (nSPS) is 18.8. The van der Waals surface area contributed by atoms with E-state index < -0.39 is 51.6 Å². The van der Waals surface area contributed by atoms with Crippen LogP contribution < -0.4 is 15.4 Å². The summed E-state index contributed by atoms with van der Waals surface area (Å²) in [5, 5.41) is 16.2. The van der Waals surface area contributed by atoms with Gasteiger partial charge in [0.15, 0.2) is 0 Å². The van der Waals surface area contributed by atoms with Gasteiger partial charge < -0.3 is 29.5 Å². The smallest absolute Gasteiger partial charge is 0.414 e. The van der Waals surface area contributed by atoms with Crippen LogP contribution in [0.15, 0.2) is 15.4 Å². The van der Waals surface area contributed by atoms with Crippen molar-refractivity contribution in [1.29, 1.82) is 0 Å². The van der Waals surface area contributed by atoms with Crippen molar-refractivity contribution in [2.45, 2.75) is 104 Å². The van der Waals surface area contributed by atoms with E-state index in [1.54, 1.807) is 68.4 Å². The first-order valence-electron chi connectivity index (χ1n) is 12.7. The number of aryl methyl sites for hydroxylation is 1. The first-order valence-corrected chi connectivity index (χ1v) is 14.1. The highest BCUT2D eigenvalue weighted by molar-refractivity contribution is 7.90. The first kappa shape index (κ1) is 32.2. The zero-order valence-electron chi connectivity index (χ0n) is 24.5. The Bertz CT molecular complexity index is 1220. The first-order chi connectivity index (χ1) is 17.8. The number of ether oxygens (including phenoxy) is 3. The van der Waals surface area contributed by atoms with E-state index in [1.165, 1.54) is 12.0 Å². The molecule has 1 fully saturated rings.